The van der Waals surface area contributed by atoms with Gasteiger partial charge in [-0.1, -0.05) is 23.7 Å². The zero-order chi connectivity index (χ0) is 14.9. The second kappa shape index (κ2) is 6.45. The van der Waals surface area contributed by atoms with E-state index in [2.05, 4.69) is 0 Å². The van der Waals surface area contributed by atoms with Crippen LogP contribution in [0.5, 0.6) is 0 Å². The fourth-order valence-electron chi connectivity index (χ4n) is 3.43. The van der Waals surface area contributed by atoms with Gasteiger partial charge in [0.15, 0.2) is 0 Å². The lowest BCUT2D eigenvalue weighted by Gasteiger charge is -2.44. The van der Waals surface area contributed by atoms with Crippen LogP contribution in [0, 0.1) is 11.7 Å². The molecule has 0 radical (unpaired) electrons. The van der Waals surface area contributed by atoms with Crippen molar-refractivity contribution in [2.24, 2.45) is 5.92 Å². The number of aliphatic hydroxyl groups excluding tert-OH is 1. The summed E-state index contributed by atoms with van der Waals surface area (Å²) in [5, 5.41) is 10.7. The van der Waals surface area contributed by atoms with E-state index in [1.54, 1.807) is 12.1 Å². The third-order valence-corrected chi connectivity index (χ3v) is 5.96. The minimum absolute atomic E-state index is 0.0369. The van der Waals surface area contributed by atoms with Gasteiger partial charge in [0.2, 0.25) is 0 Å². The van der Waals surface area contributed by atoms with Crippen molar-refractivity contribution < 1.29 is 14.2 Å². The first-order chi connectivity index (χ1) is 10.1. The van der Waals surface area contributed by atoms with E-state index in [0.717, 1.165) is 37.2 Å². The molecule has 1 aromatic rings. The second-order valence-corrected chi connectivity index (χ2v) is 7.62. The van der Waals surface area contributed by atoms with Gasteiger partial charge in [-0.2, -0.15) is 11.8 Å². The highest BCUT2D eigenvalue weighted by atomic mass is 35.5. The summed E-state index contributed by atoms with van der Waals surface area (Å²) in [5.74, 6) is 1.75. The zero-order valence-corrected chi connectivity index (χ0v) is 13.4. The maximum Gasteiger partial charge on any atom is 0.147 e. The molecule has 0 aromatic heterocycles. The van der Waals surface area contributed by atoms with Gasteiger partial charge in [-0.3, -0.25) is 0 Å². The minimum atomic E-state index is -0.806. The van der Waals surface area contributed by atoms with Gasteiger partial charge >= 0.3 is 0 Å². The summed E-state index contributed by atoms with van der Waals surface area (Å²) in [6.07, 6.45) is 2.82. The average molecular weight is 331 g/mol. The molecule has 21 heavy (non-hydrogen) atoms. The number of hydrogen-bond acceptors (Lipinski definition) is 3. The van der Waals surface area contributed by atoms with Gasteiger partial charge in [-0.05, 0) is 49.2 Å². The maximum absolute atomic E-state index is 14.1. The number of hydrogen-bond donors (Lipinski definition) is 1. The Kier molecular flexibility index (Phi) is 4.79. The smallest absolute Gasteiger partial charge is 0.147 e. The van der Waals surface area contributed by atoms with E-state index in [0.29, 0.717) is 12.2 Å². The number of ether oxygens (including phenoxy) is 1. The van der Waals surface area contributed by atoms with Crippen molar-refractivity contribution in [2.75, 3.05) is 18.1 Å². The molecule has 2 heterocycles. The predicted octanol–water partition coefficient (Wildman–Crippen LogP) is 4.20. The number of thioether (sulfide) groups is 1. The molecule has 0 saturated carbocycles. The van der Waals surface area contributed by atoms with Crippen LogP contribution >= 0.6 is 23.4 Å². The summed E-state index contributed by atoms with van der Waals surface area (Å²) in [5.41, 5.74) is 0.208. The lowest BCUT2D eigenvalue weighted by atomic mass is 9.78. The normalized spacial score (nSPS) is 26.7. The first-order valence-corrected chi connectivity index (χ1v) is 8.98. The molecule has 1 aromatic carbocycles. The van der Waals surface area contributed by atoms with Crippen molar-refractivity contribution in [1.82, 2.24) is 0 Å². The topological polar surface area (TPSA) is 29.5 Å². The molecule has 2 atom stereocenters. The monoisotopic (exact) mass is 330 g/mol. The Bertz CT molecular complexity index is 500. The molecule has 0 bridgehead atoms. The van der Waals surface area contributed by atoms with Crippen molar-refractivity contribution in [2.45, 2.75) is 37.4 Å². The Hall–Kier alpha value is -0.290. The highest BCUT2D eigenvalue weighted by Crippen LogP contribution is 2.44. The maximum atomic E-state index is 14.1. The molecule has 2 nitrogen and oxygen atoms in total. The quantitative estimate of drug-likeness (QED) is 0.881. The molecule has 2 aliphatic heterocycles. The van der Waals surface area contributed by atoms with E-state index < -0.39 is 11.9 Å². The van der Waals surface area contributed by atoms with E-state index >= 15 is 0 Å². The Morgan fingerprint density at radius 1 is 1.38 bits per heavy atom. The minimum Gasteiger partial charge on any atom is -0.388 e. The standard InChI is InChI=1S/C16H20ClFO2S/c17-13-3-1-2-12(14(13)18)15(19)11-4-7-20-16(10-11)5-8-21-9-6-16/h1-3,11,15,19H,4-10H2. The Morgan fingerprint density at radius 3 is 2.90 bits per heavy atom. The van der Waals surface area contributed by atoms with Crippen LogP contribution in [0.25, 0.3) is 0 Å². The Labute approximate surface area is 134 Å². The molecule has 5 heteroatoms. The summed E-state index contributed by atoms with van der Waals surface area (Å²) in [4.78, 5) is 0. The molecule has 2 saturated heterocycles. The molecule has 0 amide bonds. The molecular weight excluding hydrogens is 311 g/mol. The summed E-state index contributed by atoms with van der Waals surface area (Å²) in [7, 11) is 0. The van der Waals surface area contributed by atoms with E-state index in [9.17, 15) is 9.50 Å². The van der Waals surface area contributed by atoms with Crippen molar-refractivity contribution in [3.05, 3.63) is 34.6 Å². The van der Waals surface area contributed by atoms with Gasteiger partial charge in [-0.15, -0.1) is 0 Å². The first-order valence-electron chi connectivity index (χ1n) is 7.45. The van der Waals surface area contributed by atoms with E-state index in [-0.39, 0.29) is 16.5 Å². The molecule has 2 unspecified atom stereocenters. The fourth-order valence-corrected chi connectivity index (χ4v) is 4.85. The first kappa shape index (κ1) is 15.6. The van der Waals surface area contributed by atoms with Gasteiger partial charge in [0.1, 0.15) is 5.82 Å². The van der Waals surface area contributed by atoms with Gasteiger partial charge in [0.05, 0.1) is 16.7 Å². The average Bonchev–Trinajstić information content (AvgIpc) is 2.50. The van der Waals surface area contributed by atoms with Crippen LogP contribution < -0.4 is 0 Å². The number of aliphatic hydroxyl groups is 1. The van der Waals surface area contributed by atoms with Crippen molar-refractivity contribution in [3.63, 3.8) is 0 Å². The third kappa shape index (κ3) is 3.24. The van der Waals surface area contributed by atoms with Gasteiger partial charge in [0.25, 0.3) is 0 Å². The fraction of sp³-hybridized carbons (Fsp3) is 0.625. The van der Waals surface area contributed by atoms with E-state index in [4.69, 9.17) is 16.3 Å². The molecular formula is C16H20ClFO2S. The largest absolute Gasteiger partial charge is 0.388 e. The SMILES string of the molecule is OC(c1cccc(Cl)c1F)C1CCOC2(CCSCC2)C1. The lowest BCUT2D eigenvalue weighted by molar-refractivity contribution is -0.121. The molecule has 1 N–H and O–H groups in total. The molecule has 3 rings (SSSR count). The highest BCUT2D eigenvalue weighted by molar-refractivity contribution is 7.99. The van der Waals surface area contributed by atoms with E-state index in [1.807, 2.05) is 11.8 Å². The van der Waals surface area contributed by atoms with Crippen LogP contribution in [0.1, 0.15) is 37.4 Å². The van der Waals surface area contributed by atoms with Crippen LogP contribution in [0.15, 0.2) is 18.2 Å². The molecule has 0 aliphatic carbocycles. The summed E-state index contributed by atoms with van der Waals surface area (Å²) >= 11 is 7.78. The zero-order valence-electron chi connectivity index (χ0n) is 11.9. The van der Waals surface area contributed by atoms with Crippen LogP contribution in [0.3, 0.4) is 0 Å². The van der Waals surface area contributed by atoms with Crippen molar-refractivity contribution in [3.8, 4) is 0 Å². The molecule has 116 valence electrons. The third-order valence-electron chi connectivity index (χ3n) is 4.68. The molecule has 2 aliphatic rings. The van der Waals surface area contributed by atoms with Gasteiger partial charge in [0, 0.05) is 12.2 Å². The predicted molar refractivity (Wildman–Crippen MR) is 84.3 cm³/mol. The summed E-state index contributed by atoms with van der Waals surface area (Å²) in [6, 6.07) is 4.83. The van der Waals surface area contributed by atoms with Crippen LogP contribution in [-0.4, -0.2) is 28.8 Å². The Balaban J connectivity index is 1.78. The molecule has 1 spiro atoms. The van der Waals surface area contributed by atoms with Crippen molar-refractivity contribution in [1.29, 1.82) is 0 Å². The number of benzene rings is 1. The highest BCUT2D eigenvalue weighted by Gasteiger charge is 2.41. The van der Waals surface area contributed by atoms with Crippen LogP contribution in [-0.2, 0) is 4.74 Å². The van der Waals surface area contributed by atoms with Crippen LogP contribution in [0.4, 0.5) is 4.39 Å². The number of halogens is 2. The van der Waals surface area contributed by atoms with Gasteiger partial charge in [-0.25, -0.2) is 4.39 Å². The number of rotatable bonds is 2. The summed E-state index contributed by atoms with van der Waals surface area (Å²) in [6.45, 7) is 0.647. The van der Waals surface area contributed by atoms with Gasteiger partial charge < -0.3 is 9.84 Å². The lowest BCUT2D eigenvalue weighted by Crippen LogP contribution is -2.44. The summed E-state index contributed by atoms with van der Waals surface area (Å²) < 4.78 is 20.1. The Morgan fingerprint density at radius 2 is 2.14 bits per heavy atom. The van der Waals surface area contributed by atoms with Crippen LogP contribution in [0.2, 0.25) is 5.02 Å². The second-order valence-electron chi connectivity index (χ2n) is 5.98. The van der Waals surface area contributed by atoms with E-state index in [1.165, 1.54) is 6.07 Å². The molecule has 2 fully saturated rings. The van der Waals surface area contributed by atoms with Crippen molar-refractivity contribution >= 4 is 23.4 Å².